The maximum absolute atomic E-state index is 12.3. The van der Waals surface area contributed by atoms with Gasteiger partial charge < -0.3 is 14.8 Å². The van der Waals surface area contributed by atoms with Crippen molar-refractivity contribution in [3.05, 3.63) is 65.7 Å². The van der Waals surface area contributed by atoms with Gasteiger partial charge in [0.2, 0.25) is 5.91 Å². The van der Waals surface area contributed by atoms with Crippen molar-refractivity contribution in [1.29, 1.82) is 0 Å². The molecule has 0 unspecified atom stereocenters. The molecule has 2 amide bonds. The fraction of sp³-hybridized carbons (Fsp3) is 0.227. The molecule has 0 saturated carbocycles. The highest BCUT2D eigenvalue weighted by Crippen LogP contribution is 2.22. The number of rotatable bonds is 5. The Balaban J connectivity index is 2.07. The van der Waals surface area contributed by atoms with Gasteiger partial charge in [-0.2, -0.15) is 0 Å². The van der Waals surface area contributed by atoms with Crippen LogP contribution in [0, 0.1) is 0 Å². The number of nitrogens with one attached hydrogen (secondary N) is 2. The highest BCUT2D eigenvalue weighted by molar-refractivity contribution is 6.05. The summed E-state index contributed by atoms with van der Waals surface area (Å²) in [5.74, 6) is -0.848. The zero-order valence-corrected chi connectivity index (χ0v) is 16.8. The minimum Gasteiger partial charge on any atom is -0.465 e. The maximum atomic E-state index is 12.3. The van der Waals surface area contributed by atoms with Crippen LogP contribution in [0.3, 0.4) is 0 Å². The van der Waals surface area contributed by atoms with Gasteiger partial charge in [0.25, 0.3) is 0 Å². The number of amides is 2. The molecule has 29 heavy (non-hydrogen) atoms. The molecular weight excluding hydrogens is 372 g/mol. The number of hydrogen-bond donors (Lipinski definition) is 2. The molecule has 7 heteroatoms. The molecule has 2 N–H and O–H groups in total. The molecule has 0 aromatic heterocycles. The number of esters is 1. The van der Waals surface area contributed by atoms with Gasteiger partial charge in [-0.1, -0.05) is 24.3 Å². The molecule has 7 nitrogen and oxygen atoms in total. The SMILES string of the molecule is COC(=O)c1cccc(/C=C/C(=O)Nc2ccccc2NC(=O)OC(C)(C)C)c1. The highest BCUT2D eigenvalue weighted by Gasteiger charge is 2.17. The Morgan fingerprint density at radius 2 is 1.59 bits per heavy atom. The van der Waals surface area contributed by atoms with Crippen LogP contribution in [-0.4, -0.2) is 30.7 Å². The largest absolute Gasteiger partial charge is 0.465 e. The van der Waals surface area contributed by atoms with Crippen LogP contribution in [0.15, 0.2) is 54.6 Å². The summed E-state index contributed by atoms with van der Waals surface area (Å²) < 4.78 is 9.92. The summed E-state index contributed by atoms with van der Waals surface area (Å²) in [6.45, 7) is 5.29. The first-order valence-electron chi connectivity index (χ1n) is 8.94. The van der Waals surface area contributed by atoms with Crippen molar-refractivity contribution in [1.82, 2.24) is 0 Å². The van der Waals surface area contributed by atoms with Gasteiger partial charge in [-0.25, -0.2) is 9.59 Å². The second kappa shape index (κ2) is 9.54. The molecule has 0 fully saturated rings. The van der Waals surface area contributed by atoms with Crippen molar-refractivity contribution >= 4 is 35.4 Å². The second-order valence-electron chi connectivity index (χ2n) is 7.11. The summed E-state index contributed by atoms with van der Waals surface area (Å²) in [5, 5.41) is 5.33. The van der Waals surface area contributed by atoms with Crippen LogP contribution >= 0.6 is 0 Å². The summed E-state index contributed by atoms with van der Waals surface area (Å²) in [6.07, 6.45) is 2.29. The van der Waals surface area contributed by atoms with E-state index in [0.717, 1.165) is 0 Å². The van der Waals surface area contributed by atoms with Crippen LogP contribution in [0.4, 0.5) is 16.2 Å². The lowest BCUT2D eigenvalue weighted by atomic mass is 10.1. The van der Waals surface area contributed by atoms with Gasteiger partial charge in [0.15, 0.2) is 0 Å². The van der Waals surface area contributed by atoms with E-state index in [1.54, 1.807) is 75.4 Å². The summed E-state index contributed by atoms with van der Waals surface area (Å²) in [6, 6.07) is 13.5. The van der Waals surface area contributed by atoms with E-state index in [2.05, 4.69) is 15.4 Å². The zero-order chi connectivity index (χ0) is 21.4. The minimum absolute atomic E-state index is 0.391. The topological polar surface area (TPSA) is 93.7 Å². The fourth-order valence-electron chi connectivity index (χ4n) is 2.35. The number of ether oxygens (including phenoxy) is 2. The molecule has 2 aromatic carbocycles. The Bertz CT molecular complexity index is 929. The summed E-state index contributed by atoms with van der Waals surface area (Å²) in [4.78, 5) is 35.9. The molecule has 0 aliphatic rings. The number of carbonyl (C=O) groups is 3. The van der Waals surface area contributed by atoms with E-state index >= 15 is 0 Å². The molecule has 0 radical (unpaired) electrons. The molecular formula is C22H24N2O5. The molecule has 0 heterocycles. The van der Waals surface area contributed by atoms with E-state index < -0.39 is 23.6 Å². The normalized spacial score (nSPS) is 11.0. The Hall–Kier alpha value is -3.61. The van der Waals surface area contributed by atoms with E-state index in [4.69, 9.17) is 4.74 Å². The van der Waals surface area contributed by atoms with E-state index in [1.165, 1.54) is 13.2 Å². The van der Waals surface area contributed by atoms with Crippen molar-refractivity contribution < 1.29 is 23.9 Å². The number of para-hydroxylation sites is 2. The van der Waals surface area contributed by atoms with Gasteiger partial charge in [-0.15, -0.1) is 0 Å². The van der Waals surface area contributed by atoms with Gasteiger partial charge in [0, 0.05) is 6.08 Å². The van der Waals surface area contributed by atoms with Gasteiger partial charge >= 0.3 is 12.1 Å². The number of methoxy groups -OCH3 is 1. The van der Waals surface area contributed by atoms with Crippen LogP contribution in [0.1, 0.15) is 36.7 Å². The van der Waals surface area contributed by atoms with Crippen molar-refractivity contribution in [2.75, 3.05) is 17.7 Å². The summed E-state index contributed by atoms with van der Waals surface area (Å²) in [5.41, 5.74) is 1.27. The summed E-state index contributed by atoms with van der Waals surface area (Å²) >= 11 is 0. The average molecular weight is 396 g/mol. The minimum atomic E-state index is -0.635. The fourth-order valence-corrected chi connectivity index (χ4v) is 2.35. The lowest BCUT2D eigenvalue weighted by molar-refractivity contribution is -0.111. The van der Waals surface area contributed by atoms with E-state index in [0.29, 0.717) is 22.5 Å². The van der Waals surface area contributed by atoms with Crippen LogP contribution in [-0.2, 0) is 14.3 Å². The molecule has 0 spiro atoms. The highest BCUT2D eigenvalue weighted by atomic mass is 16.6. The third kappa shape index (κ3) is 7.14. The van der Waals surface area contributed by atoms with E-state index in [9.17, 15) is 14.4 Å². The van der Waals surface area contributed by atoms with Crippen molar-refractivity contribution in [2.24, 2.45) is 0 Å². The van der Waals surface area contributed by atoms with Crippen molar-refractivity contribution in [3.8, 4) is 0 Å². The Kier molecular flexibility index (Phi) is 7.14. The molecule has 152 valence electrons. The lowest BCUT2D eigenvalue weighted by Crippen LogP contribution is -2.27. The molecule has 0 saturated heterocycles. The molecule has 0 aliphatic heterocycles. The number of benzene rings is 2. The number of anilines is 2. The third-order valence-electron chi connectivity index (χ3n) is 3.56. The van der Waals surface area contributed by atoms with Gasteiger partial charge in [-0.3, -0.25) is 10.1 Å². The third-order valence-corrected chi connectivity index (χ3v) is 3.56. The van der Waals surface area contributed by atoms with E-state index in [-0.39, 0.29) is 0 Å². The number of hydrogen-bond acceptors (Lipinski definition) is 5. The average Bonchev–Trinajstić information content (AvgIpc) is 2.66. The molecule has 0 atom stereocenters. The van der Waals surface area contributed by atoms with Crippen LogP contribution < -0.4 is 10.6 Å². The summed E-state index contributed by atoms with van der Waals surface area (Å²) in [7, 11) is 1.31. The van der Waals surface area contributed by atoms with Crippen LogP contribution in [0.25, 0.3) is 6.08 Å². The first-order valence-corrected chi connectivity index (χ1v) is 8.94. The first-order chi connectivity index (χ1) is 13.7. The monoisotopic (exact) mass is 396 g/mol. The van der Waals surface area contributed by atoms with Gasteiger partial charge in [0.05, 0.1) is 24.0 Å². The van der Waals surface area contributed by atoms with E-state index in [1.807, 2.05) is 0 Å². The smallest absolute Gasteiger partial charge is 0.412 e. The lowest BCUT2D eigenvalue weighted by Gasteiger charge is -2.20. The molecule has 2 rings (SSSR count). The Morgan fingerprint density at radius 3 is 2.21 bits per heavy atom. The zero-order valence-electron chi connectivity index (χ0n) is 16.8. The quantitative estimate of drug-likeness (QED) is 0.574. The first kappa shape index (κ1) is 21.7. The van der Waals surface area contributed by atoms with Gasteiger partial charge in [0.1, 0.15) is 5.60 Å². The maximum Gasteiger partial charge on any atom is 0.412 e. The molecule has 0 bridgehead atoms. The van der Waals surface area contributed by atoms with Crippen LogP contribution in [0.2, 0.25) is 0 Å². The molecule has 0 aliphatic carbocycles. The van der Waals surface area contributed by atoms with Crippen molar-refractivity contribution in [3.63, 3.8) is 0 Å². The predicted molar refractivity (Wildman–Crippen MR) is 112 cm³/mol. The Morgan fingerprint density at radius 1 is 0.931 bits per heavy atom. The van der Waals surface area contributed by atoms with Gasteiger partial charge in [-0.05, 0) is 56.7 Å². The predicted octanol–water partition coefficient (Wildman–Crippen LogP) is 4.47. The second-order valence-corrected chi connectivity index (χ2v) is 7.11. The van der Waals surface area contributed by atoms with Crippen molar-refractivity contribution in [2.45, 2.75) is 26.4 Å². The number of carbonyl (C=O) groups excluding carboxylic acids is 3. The Labute approximate surface area is 169 Å². The van der Waals surface area contributed by atoms with Crippen LogP contribution in [0.5, 0.6) is 0 Å². The molecule has 2 aromatic rings. The standard InChI is InChI=1S/C22H24N2O5/c1-22(2,3)29-21(27)24-18-11-6-5-10-17(18)23-19(25)13-12-15-8-7-9-16(14-15)20(26)28-4/h5-14H,1-4H3,(H,23,25)(H,24,27)/b13-12+.